The van der Waals surface area contributed by atoms with Crippen LogP contribution in [0.1, 0.15) is 23.6 Å². The van der Waals surface area contributed by atoms with E-state index >= 15 is 0 Å². The topological polar surface area (TPSA) is 77.7 Å². The van der Waals surface area contributed by atoms with Gasteiger partial charge in [-0.05, 0) is 55.3 Å². The molecule has 0 aliphatic heterocycles. The Balaban J connectivity index is 1.41. The van der Waals surface area contributed by atoms with E-state index in [9.17, 15) is 4.79 Å². The van der Waals surface area contributed by atoms with Gasteiger partial charge in [-0.25, -0.2) is 10.4 Å². The molecule has 7 nitrogen and oxygen atoms in total. The Kier molecular flexibility index (Phi) is 8.05. The largest absolute Gasteiger partial charge is 0.493 e. The minimum atomic E-state index is -0.210. The third-order valence-corrected chi connectivity index (χ3v) is 6.28. The number of hydrazone groups is 1. The SMILES string of the molecule is CCOc1ccc(/C=N/NC(=O)CSc2nc3ccccc3n2Cc2ccc(C)cc2)cc1OC. The lowest BCUT2D eigenvalue weighted by Crippen LogP contribution is -2.20. The number of para-hydroxylation sites is 2. The molecule has 1 heterocycles. The first-order chi connectivity index (χ1) is 17.1. The number of benzene rings is 3. The van der Waals surface area contributed by atoms with E-state index in [0.29, 0.717) is 24.7 Å². The summed E-state index contributed by atoms with van der Waals surface area (Å²) in [5, 5.41) is 4.88. The smallest absolute Gasteiger partial charge is 0.250 e. The Morgan fingerprint density at radius 1 is 1.11 bits per heavy atom. The van der Waals surface area contributed by atoms with Gasteiger partial charge in [0.2, 0.25) is 0 Å². The van der Waals surface area contributed by atoms with Crippen LogP contribution in [0.5, 0.6) is 11.5 Å². The van der Waals surface area contributed by atoms with E-state index in [0.717, 1.165) is 21.8 Å². The molecule has 0 saturated carbocycles. The average molecular weight is 489 g/mol. The fourth-order valence-corrected chi connectivity index (χ4v) is 4.38. The van der Waals surface area contributed by atoms with Crippen LogP contribution in [0.25, 0.3) is 11.0 Å². The molecule has 0 aliphatic rings. The average Bonchev–Trinajstić information content (AvgIpc) is 3.22. The van der Waals surface area contributed by atoms with E-state index in [4.69, 9.17) is 14.5 Å². The van der Waals surface area contributed by atoms with Gasteiger partial charge in [0.05, 0.1) is 43.3 Å². The Bertz CT molecular complexity index is 1330. The summed E-state index contributed by atoms with van der Waals surface area (Å²) in [4.78, 5) is 17.2. The number of methoxy groups -OCH3 is 1. The standard InChI is InChI=1S/C27H28N4O3S/c1-4-34-24-14-13-21(15-25(24)33-3)16-28-30-26(32)18-35-27-29-22-7-5-6-8-23(22)31(27)17-20-11-9-19(2)10-12-20/h5-16H,4,17-18H2,1-3H3,(H,30,32)/b28-16+. The van der Waals surface area contributed by atoms with Gasteiger partial charge in [-0.1, -0.05) is 53.7 Å². The number of thioether (sulfide) groups is 1. The quantitative estimate of drug-likeness (QED) is 0.192. The zero-order chi connectivity index (χ0) is 24.6. The minimum absolute atomic E-state index is 0.196. The van der Waals surface area contributed by atoms with Gasteiger partial charge in [0.25, 0.3) is 5.91 Å². The van der Waals surface area contributed by atoms with E-state index in [1.54, 1.807) is 13.3 Å². The Morgan fingerprint density at radius 2 is 1.91 bits per heavy atom. The molecule has 0 aliphatic carbocycles. The van der Waals surface area contributed by atoms with Crippen LogP contribution in [0.3, 0.4) is 0 Å². The Hall–Kier alpha value is -3.78. The molecule has 1 N–H and O–H groups in total. The number of rotatable bonds is 10. The molecule has 0 radical (unpaired) electrons. The van der Waals surface area contributed by atoms with Gasteiger partial charge in [0.15, 0.2) is 16.7 Å². The molecule has 180 valence electrons. The molecule has 35 heavy (non-hydrogen) atoms. The molecule has 0 atom stereocenters. The summed E-state index contributed by atoms with van der Waals surface area (Å²) in [7, 11) is 1.59. The highest BCUT2D eigenvalue weighted by atomic mass is 32.2. The molecule has 0 unspecified atom stereocenters. The number of nitrogens with one attached hydrogen (secondary N) is 1. The molecule has 0 spiro atoms. The van der Waals surface area contributed by atoms with Crippen LogP contribution < -0.4 is 14.9 Å². The number of hydrogen-bond acceptors (Lipinski definition) is 6. The predicted octanol–water partition coefficient (Wildman–Crippen LogP) is 5.04. The van der Waals surface area contributed by atoms with Crippen LogP contribution in [0.4, 0.5) is 0 Å². The summed E-state index contributed by atoms with van der Waals surface area (Å²) in [6.45, 7) is 5.23. The maximum Gasteiger partial charge on any atom is 0.250 e. The molecule has 4 rings (SSSR count). The molecular formula is C27H28N4O3S. The van der Waals surface area contributed by atoms with Gasteiger partial charge in [-0.2, -0.15) is 5.10 Å². The van der Waals surface area contributed by atoms with Crippen molar-refractivity contribution in [2.24, 2.45) is 5.10 Å². The first-order valence-electron chi connectivity index (χ1n) is 11.3. The lowest BCUT2D eigenvalue weighted by atomic mass is 10.1. The highest BCUT2D eigenvalue weighted by Crippen LogP contribution is 2.28. The highest BCUT2D eigenvalue weighted by Gasteiger charge is 2.13. The maximum absolute atomic E-state index is 12.5. The second-order valence-electron chi connectivity index (χ2n) is 7.88. The fraction of sp³-hybridized carbons (Fsp3) is 0.222. The molecule has 3 aromatic carbocycles. The molecule has 1 aromatic heterocycles. The number of hydrogen-bond donors (Lipinski definition) is 1. The summed E-state index contributed by atoms with van der Waals surface area (Å²) < 4.78 is 13.0. The van der Waals surface area contributed by atoms with Crippen LogP contribution in [0.2, 0.25) is 0 Å². The number of fused-ring (bicyclic) bond motifs is 1. The van der Waals surface area contributed by atoms with E-state index in [1.807, 2.05) is 43.3 Å². The van der Waals surface area contributed by atoms with Crippen LogP contribution in [-0.2, 0) is 11.3 Å². The molecule has 0 fully saturated rings. The number of ether oxygens (including phenoxy) is 2. The Labute approximate surface area is 209 Å². The third-order valence-electron chi connectivity index (χ3n) is 5.30. The van der Waals surface area contributed by atoms with Gasteiger partial charge >= 0.3 is 0 Å². The number of imidazole rings is 1. The minimum Gasteiger partial charge on any atom is -0.493 e. The number of aryl methyl sites for hydroxylation is 1. The van der Waals surface area contributed by atoms with Gasteiger partial charge in [-0.15, -0.1) is 0 Å². The van der Waals surface area contributed by atoms with Crippen molar-refractivity contribution in [1.29, 1.82) is 0 Å². The normalized spacial score (nSPS) is 11.2. The van der Waals surface area contributed by atoms with Gasteiger partial charge < -0.3 is 14.0 Å². The summed E-state index contributed by atoms with van der Waals surface area (Å²) in [5.74, 6) is 1.27. The number of nitrogens with zero attached hydrogens (tertiary/aromatic N) is 3. The van der Waals surface area contributed by atoms with Crippen molar-refractivity contribution in [1.82, 2.24) is 15.0 Å². The molecule has 4 aromatic rings. The second-order valence-corrected chi connectivity index (χ2v) is 8.82. The fourth-order valence-electron chi connectivity index (χ4n) is 3.57. The van der Waals surface area contributed by atoms with Crippen molar-refractivity contribution in [2.45, 2.75) is 25.5 Å². The van der Waals surface area contributed by atoms with Gasteiger partial charge in [0, 0.05) is 0 Å². The van der Waals surface area contributed by atoms with Crippen LogP contribution >= 0.6 is 11.8 Å². The van der Waals surface area contributed by atoms with Crippen LogP contribution in [0, 0.1) is 6.92 Å². The molecular weight excluding hydrogens is 460 g/mol. The van der Waals surface area contributed by atoms with Crippen LogP contribution in [0.15, 0.2) is 77.0 Å². The van der Waals surface area contributed by atoms with E-state index < -0.39 is 0 Å². The van der Waals surface area contributed by atoms with Crippen molar-refractivity contribution in [2.75, 3.05) is 19.5 Å². The maximum atomic E-state index is 12.5. The zero-order valence-corrected chi connectivity index (χ0v) is 20.8. The number of amides is 1. The molecule has 0 bridgehead atoms. The number of carbonyl (C=O) groups is 1. The summed E-state index contributed by atoms with van der Waals surface area (Å²) in [5.41, 5.74) is 7.73. The summed E-state index contributed by atoms with van der Waals surface area (Å²) >= 11 is 1.39. The first kappa shape index (κ1) is 24.3. The third kappa shape index (κ3) is 6.22. The molecule has 1 amide bonds. The second kappa shape index (κ2) is 11.6. The summed E-state index contributed by atoms with van der Waals surface area (Å²) in [6, 6.07) is 21.9. The van der Waals surface area contributed by atoms with E-state index in [-0.39, 0.29) is 11.7 Å². The lowest BCUT2D eigenvalue weighted by Gasteiger charge is -2.09. The number of aromatic nitrogens is 2. The molecule has 8 heteroatoms. The lowest BCUT2D eigenvalue weighted by molar-refractivity contribution is -0.118. The zero-order valence-electron chi connectivity index (χ0n) is 20.0. The Morgan fingerprint density at radius 3 is 2.69 bits per heavy atom. The van der Waals surface area contributed by atoms with Crippen molar-refractivity contribution in [3.8, 4) is 11.5 Å². The number of carbonyl (C=O) groups excluding carboxylic acids is 1. The van der Waals surface area contributed by atoms with Crippen molar-refractivity contribution in [3.05, 3.63) is 83.4 Å². The molecule has 0 saturated heterocycles. The first-order valence-corrected chi connectivity index (χ1v) is 12.3. The van der Waals surface area contributed by atoms with Gasteiger partial charge in [0.1, 0.15) is 0 Å². The van der Waals surface area contributed by atoms with E-state index in [2.05, 4.69) is 52.3 Å². The van der Waals surface area contributed by atoms with Crippen LogP contribution in [-0.4, -0.2) is 41.1 Å². The monoisotopic (exact) mass is 488 g/mol. The summed E-state index contributed by atoms with van der Waals surface area (Å²) in [6.07, 6.45) is 1.58. The van der Waals surface area contributed by atoms with E-state index in [1.165, 1.54) is 22.9 Å². The van der Waals surface area contributed by atoms with Crippen molar-refractivity contribution in [3.63, 3.8) is 0 Å². The predicted molar refractivity (Wildman–Crippen MR) is 141 cm³/mol. The van der Waals surface area contributed by atoms with Crippen molar-refractivity contribution >= 4 is 34.9 Å². The van der Waals surface area contributed by atoms with Gasteiger partial charge in [-0.3, -0.25) is 4.79 Å². The highest BCUT2D eigenvalue weighted by molar-refractivity contribution is 7.99. The van der Waals surface area contributed by atoms with Crippen molar-refractivity contribution < 1.29 is 14.3 Å².